The maximum Gasteiger partial charge on any atom is 0.224 e. The Kier molecular flexibility index (Phi) is 4.31. The van der Waals surface area contributed by atoms with Crippen molar-refractivity contribution in [1.82, 2.24) is 15.1 Å². The van der Waals surface area contributed by atoms with Crippen LogP contribution in [0.15, 0.2) is 42.7 Å². The number of carbonyl (C=O) groups is 1. The molecule has 21 heavy (non-hydrogen) atoms. The van der Waals surface area contributed by atoms with E-state index >= 15 is 0 Å². The van der Waals surface area contributed by atoms with Crippen LogP contribution >= 0.6 is 0 Å². The lowest BCUT2D eigenvalue weighted by molar-refractivity contribution is -0.117. The fraction of sp³-hybridized carbons (Fsp3) is 0.375. The van der Waals surface area contributed by atoms with E-state index in [2.05, 4.69) is 15.7 Å². The Hall–Kier alpha value is -2.14. The molecule has 0 spiro atoms. The van der Waals surface area contributed by atoms with E-state index in [-0.39, 0.29) is 5.91 Å². The van der Waals surface area contributed by atoms with Crippen molar-refractivity contribution < 1.29 is 4.79 Å². The van der Waals surface area contributed by atoms with E-state index in [0.717, 1.165) is 37.3 Å². The van der Waals surface area contributed by atoms with Crippen molar-refractivity contribution in [2.75, 3.05) is 18.4 Å². The number of hydrogen-bond acceptors (Lipinski definition) is 3. The first-order chi connectivity index (χ1) is 10.3. The van der Waals surface area contributed by atoms with E-state index in [9.17, 15) is 4.79 Å². The predicted octanol–water partition coefficient (Wildman–Crippen LogP) is 2.20. The number of nitrogens with zero attached hydrogens (tertiary/aromatic N) is 2. The minimum atomic E-state index is 0.0846. The lowest BCUT2D eigenvalue weighted by Gasteiger charge is -2.22. The number of rotatable bonds is 4. The van der Waals surface area contributed by atoms with Crippen LogP contribution in [0.5, 0.6) is 0 Å². The minimum absolute atomic E-state index is 0.0846. The van der Waals surface area contributed by atoms with Crippen molar-refractivity contribution >= 4 is 11.6 Å². The van der Waals surface area contributed by atoms with Crippen LogP contribution in [0.25, 0.3) is 5.69 Å². The van der Waals surface area contributed by atoms with Crippen LogP contribution in [0.1, 0.15) is 19.3 Å². The number of benzene rings is 1. The maximum absolute atomic E-state index is 12.1. The van der Waals surface area contributed by atoms with E-state index in [1.165, 1.54) is 0 Å². The third-order valence-electron chi connectivity index (χ3n) is 3.77. The molecule has 3 rings (SSSR count). The number of carbonyl (C=O) groups excluding carboxylic acids is 1. The van der Waals surface area contributed by atoms with Gasteiger partial charge in [-0.1, -0.05) is 6.07 Å². The number of anilines is 1. The lowest BCUT2D eigenvalue weighted by atomic mass is 9.96. The first-order valence-electron chi connectivity index (χ1n) is 7.42. The Balaban J connectivity index is 1.62. The van der Waals surface area contributed by atoms with Gasteiger partial charge in [0.25, 0.3) is 0 Å². The Morgan fingerprint density at radius 1 is 1.43 bits per heavy atom. The van der Waals surface area contributed by atoms with Gasteiger partial charge in [0.05, 0.1) is 5.69 Å². The van der Waals surface area contributed by atoms with Crippen LogP contribution in [-0.2, 0) is 4.79 Å². The van der Waals surface area contributed by atoms with Gasteiger partial charge in [0.1, 0.15) is 0 Å². The smallest absolute Gasteiger partial charge is 0.224 e. The second-order valence-corrected chi connectivity index (χ2v) is 5.47. The molecule has 5 nitrogen and oxygen atoms in total. The molecule has 1 aliphatic rings. The van der Waals surface area contributed by atoms with Gasteiger partial charge in [-0.15, -0.1) is 0 Å². The highest BCUT2D eigenvalue weighted by atomic mass is 16.1. The molecular formula is C16H20N4O. The van der Waals surface area contributed by atoms with Crippen molar-refractivity contribution in [3.8, 4) is 5.69 Å². The molecule has 1 aliphatic heterocycles. The number of hydrogen-bond donors (Lipinski definition) is 2. The number of amides is 1. The average Bonchev–Trinajstić information content (AvgIpc) is 3.02. The molecule has 1 saturated heterocycles. The second-order valence-electron chi connectivity index (χ2n) is 5.47. The van der Waals surface area contributed by atoms with Crippen LogP contribution in [0.4, 0.5) is 5.69 Å². The van der Waals surface area contributed by atoms with E-state index in [0.29, 0.717) is 12.3 Å². The largest absolute Gasteiger partial charge is 0.326 e. The van der Waals surface area contributed by atoms with Gasteiger partial charge < -0.3 is 10.6 Å². The van der Waals surface area contributed by atoms with Gasteiger partial charge in [-0.3, -0.25) is 4.79 Å². The predicted molar refractivity (Wildman–Crippen MR) is 82.4 cm³/mol. The molecule has 2 aromatic rings. The molecule has 2 heterocycles. The van der Waals surface area contributed by atoms with Crippen LogP contribution in [0.2, 0.25) is 0 Å². The summed E-state index contributed by atoms with van der Waals surface area (Å²) in [5, 5.41) is 10.5. The summed E-state index contributed by atoms with van der Waals surface area (Å²) in [5.74, 6) is 0.536. The molecular weight excluding hydrogens is 264 g/mol. The third-order valence-corrected chi connectivity index (χ3v) is 3.77. The van der Waals surface area contributed by atoms with Gasteiger partial charge >= 0.3 is 0 Å². The third kappa shape index (κ3) is 3.70. The molecule has 1 unspecified atom stereocenters. The van der Waals surface area contributed by atoms with Crippen LogP contribution in [0.3, 0.4) is 0 Å². The Morgan fingerprint density at radius 2 is 2.38 bits per heavy atom. The van der Waals surface area contributed by atoms with Crippen molar-refractivity contribution in [1.29, 1.82) is 0 Å². The summed E-state index contributed by atoms with van der Waals surface area (Å²) in [4.78, 5) is 12.1. The molecule has 0 aliphatic carbocycles. The summed E-state index contributed by atoms with van der Waals surface area (Å²) in [7, 11) is 0. The summed E-state index contributed by atoms with van der Waals surface area (Å²) in [6.07, 6.45) is 6.50. The maximum atomic E-state index is 12.1. The first-order valence-corrected chi connectivity index (χ1v) is 7.42. The monoisotopic (exact) mass is 284 g/mol. The zero-order valence-corrected chi connectivity index (χ0v) is 12.0. The molecule has 1 atom stereocenters. The molecule has 1 aromatic carbocycles. The summed E-state index contributed by atoms with van der Waals surface area (Å²) >= 11 is 0. The normalized spacial score (nSPS) is 18.4. The van der Waals surface area contributed by atoms with Crippen molar-refractivity contribution in [3.63, 3.8) is 0 Å². The molecule has 0 saturated carbocycles. The Bertz CT molecular complexity index is 588. The van der Waals surface area contributed by atoms with E-state index in [1.807, 2.05) is 36.5 Å². The van der Waals surface area contributed by atoms with Crippen LogP contribution in [0, 0.1) is 5.92 Å². The Labute approximate surface area is 124 Å². The highest BCUT2D eigenvalue weighted by molar-refractivity contribution is 5.91. The quantitative estimate of drug-likeness (QED) is 0.905. The van der Waals surface area contributed by atoms with E-state index < -0.39 is 0 Å². The minimum Gasteiger partial charge on any atom is -0.326 e. The van der Waals surface area contributed by atoms with Gasteiger partial charge in [0, 0.05) is 24.5 Å². The molecule has 1 amide bonds. The molecule has 1 fully saturated rings. The summed E-state index contributed by atoms with van der Waals surface area (Å²) in [5.41, 5.74) is 1.76. The standard InChI is InChI=1S/C16H20N4O/c21-16(10-13-4-2-7-17-12-13)19-14-5-1-6-15(11-14)20-9-3-8-18-20/h1,3,5-6,8-9,11,13,17H,2,4,7,10,12H2,(H,19,21). The number of piperidine rings is 1. The molecule has 1 aromatic heterocycles. The van der Waals surface area contributed by atoms with E-state index in [4.69, 9.17) is 0 Å². The molecule has 0 bridgehead atoms. The lowest BCUT2D eigenvalue weighted by Crippen LogP contribution is -2.32. The fourth-order valence-electron chi connectivity index (χ4n) is 2.72. The highest BCUT2D eigenvalue weighted by Crippen LogP contribution is 2.17. The second kappa shape index (κ2) is 6.54. The Morgan fingerprint density at radius 3 is 3.14 bits per heavy atom. The van der Waals surface area contributed by atoms with Gasteiger partial charge in [-0.25, -0.2) is 4.68 Å². The summed E-state index contributed by atoms with van der Waals surface area (Å²) in [6, 6.07) is 9.61. The van der Waals surface area contributed by atoms with Crippen LogP contribution in [-0.4, -0.2) is 28.8 Å². The van der Waals surface area contributed by atoms with Gasteiger partial charge in [0.2, 0.25) is 5.91 Å². The van der Waals surface area contributed by atoms with Crippen molar-refractivity contribution in [2.45, 2.75) is 19.3 Å². The molecule has 0 radical (unpaired) electrons. The van der Waals surface area contributed by atoms with E-state index in [1.54, 1.807) is 10.9 Å². The van der Waals surface area contributed by atoms with Crippen molar-refractivity contribution in [3.05, 3.63) is 42.7 Å². The highest BCUT2D eigenvalue weighted by Gasteiger charge is 2.16. The number of aromatic nitrogens is 2. The van der Waals surface area contributed by atoms with Crippen molar-refractivity contribution in [2.24, 2.45) is 5.92 Å². The topological polar surface area (TPSA) is 59.0 Å². The van der Waals surface area contributed by atoms with Gasteiger partial charge in [-0.2, -0.15) is 5.10 Å². The zero-order chi connectivity index (χ0) is 14.5. The molecule has 5 heteroatoms. The fourth-order valence-corrected chi connectivity index (χ4v) is 2.72. The number of nitrogens with one attached hydrogen (secondary N) is 2. The molecule has 2 N–H and O–H groups in total. The zero-order valence-electron chi connectivity index (χ0n) is 12.0. The molecule has 110 valence electrons. The average molecular weight is 284 g/mol. The first kappa shape index (κ1) is 13.8. The summed E-state index contributed by atoms with van der Waals surface area (Å²) < 4.78 is 1.78. The van der Waals surface area contributed by atoms with Gasteiger partial charge in [-0.05, 0) is 56.1 Å². The van der Waals surface area contributed by atoms with Crippen LogP contribution < -0.4 is 10.6 Å². The summed E-state index contributed by atoms with van der Waals surface area (Å²) in [6.45, 7) is 2.02. The SMILES string of the molecule is O=C(CC1CCCNC1)Nc1cccc(-n2cccn2)c1. The van der Waals surface area contributed by atoms with Gasteiger partial charge in [0.15, 0.2) is 0 Å².